The summed E-state index contributed by atoms with van der Waals surface area (Å²) < 4.78 is 74.5. The Morgan fingerprint density at radius 1 is 1.10 bits per heavy atom. The van der Waals surface area contributed by atoms with Crippen molar-refractivity contribution >= 4 is 83.8 Å². The summed E-state index contributed by atoms with van der Waals surface area (Å²) in [6.07, 6.45) is 2.48. The quantitative estimate of drug-likeness (QED) is 0.215. The highest BCUT2D eigenvalue weighted by molar-refractivity contribution is 14.1. The average Bonchev–Trinajstić information content (AvgIpc) is 2.54. The number of nitrogens with zero attached hydrogens (tertiary/aromatic N) is 1. The van der Waals surface area contributed by atoms with Gasteiger partial charge in [0, 0.05) is 10.7 Å². The summed E-state index contributed by atoms with van der Waals surface area (Å²) in [5.74, 6) is -0.519. The van der Waals surface area contributed by atoms with E-state index in [1.165, 1.54) is 0 Å². The van der Waals surface area contributed by atoms with Crippen LogP contribution >= 0.6 is 67.8 Å². The van der Waals surface area contributed by atoms with Crippen molar-refractivity contribution in [3.8, 4) is 0 Å². The molecule has 4 aliphatic rings. The lowest BCUT2D eigenvalue weighted by molar-refractivity contribution is -0.132. The third kappa shape index (κ3) is 4.36. The number of alkyl halides is 3. The lowest BCUT2D eigenvalue weighted by Gasteiger charge is -2.66. The molecule has 5 nitrogen and oxygen atoms in total. The molecule has 4 aliphatic carbocycles. The maximum atomic E-state index is 13.0. The molecule has 0 radical (unpaired) electrons. The third-order valence-corrected chi connectivity index (χ3v) is 11.0. The Hall–Kier alpha value is 0.580. The summed E-state index contributed by atoms with van der Waals surface area (Å²) in [7, 11) is -5.60. The van der Waals surface area contributed by atoms with Gasteiger partial charge >= 0.3 is 11.5 Å². The molecule has 4 fully saturated rings. The van der Waals surface area contributed by atoms with Crippen LogP contribution < -0.4 is 0 Å². The second-order valence-electron chi connectivity index (χ2n) is 8.52. The van der Waals surface area contributed by atoms with E-state index in [0.29, 0.717) is 18.4 Å². The zero-order valence-corrected chi connectivity index (χ0v) is 22.6. The van der Waals surface area contributed by atoms with Crippen molar-refractivity contribution in [3.05, 3.63) is 33.1 Å². The maximum Gasteiger partial charge on any atom is 0.480 e. The van der Waals surface area contributed by atoms with Gasteiger partial charge in [-0.25, -0.2) is 13.2 Å². The fraction of sp³-hybridized carbons (Fsp3) is 0.611. The molecule has 0 aliphatic heterocycles. The van der Waals surface area contributed by atoms with E-state index in [2.05, 4.69) is 72.5 Å². The molecule has 1 aromatic carbocycles. The third-order valence-electron chi connectivity index (χ3n) is 6.10. The minimum atomic E-state index is -5.60. The molecule has 1 aromatic rings. The number of hydrogen-bond acceptors (Lipinski definition) is 4. The SMILES string of the molecule is O=C(OC12CC3CC(CC([N-]S(=O)(=O)C(F)(F)F)(C3)C1)C2)c1cc(I)cc(I)c1I. The Morgan fingerprint density at radius 3 is 2.27 bits per heavy atom. The Balaban J connectivity index is 1.63. The van der Waals surface area contributed by atoms with Crippen molar-refractivity contribution in [1.29, 1.82) is 0 Å². The second kappa shape index (κ2) is 7.82. The van der Waals surface area contributed by atoms with Gasteiger partial charge in [0.1, 0.15) is 5.60 Å². The molecule has 0 heterocycles. The standard InChI is InChI=1S/C18H16F3I3NO4S/c19-18(20,21)30(27,28)25-16-4-9-1-10(5-16)7-17(6-9,8-16)29-15(26)12-2-11(22)3-13(23)14(12)24/h2-3,9-10H,1,4-8H2/q-1. The molecule has 30 heavy (non-hydrogen) atoms. The Kier molecular flexibility index (Phi) is 6.19. The summed E-state index contributed by atoms with van der Waals surface area (Å²) in [6.45, 7) is 0. The first kappa shape index (κ1) is 23.7. The van der Waals surface area contributed by atoms with E-state index in [-0.39, 0.29) is 31.1 Å². The topological polar surface area (TPSA) is 74.5 Å². The molecule has 0 spiro atoms. The van der Waals surface area contributed by atoms with Crippen molar-refractivity contribution in [2.75, 3.05) is 0 Å². The summed E-state index contributed by atoms with van der Waals surface area (Å²) in [6, 6.07) is 3.65. The number of hydrogen-bond donors (Lipinski definition) is 0. The molecule has 2 unspecified atom stereocenters. The van der Waals surface area contributed by atoms with Gasteiger partial charge in [-0.15, -0.1) is 5.54 Å². The number of sulfonamides is 1. The molecule has 5 rings (SSSR count). The minimum absolute atomic E-state index is 0.00125. The summed E-state index contributed by atoms with van der Waals surface area (Å²) in [5.41, 5.74) is -7.32. The van der Waals surface area contributed by atoms with Crippen LogP contribution in [0.1, 0.15) is 48.9 Å². The van der Waals surface area contributed by atoms with Crippen LogP contribution in [0.5, 0.6) is 0 Å². The minimum Gasteiger partial charge on any atom is -0.536 e. The molecule has 0 aromatic heterocycles. The van der Waals surface area contributed by atoms with Gasteiger partial charge in [-0.05, 0) is 117 Å². The van der Waals surface area contributed by atoms with Crippen LogP contribution in [-0.2, 0) is 14.8 Å². The van der Waals surface area contributed by atoms with Crippen molar-refractivity contribution < 1.29 is 31.1 Å². The van der Waals surface area contributed by atoms with Gasteiger partial charge in [-0.3, -0.25) is 0 Å². The van der Waals surface area contributed by atoms with E-state index in [1.807, 2.05) is 6.07 Å². The Morgan fingerprint density at radius 2 is 1.70 bits per heavy atom. The normalized spacial score (nSPS) is 33.0. The van der Waals surface area contributed by atoms with E-state index in [1.54, 1.807) is 6.07 Å². The smallest absolute Gasteiger partial charge is 0.480 e. The number of carbonyl (C=O) groups is 1. The van der Waals surface area contributed by atoms with Gasteiger partial charge in [-0.2, -0.15) is 13.2 Å². The monoisotopic (exact) mass is 780 g/mol. The van der Waals surface area contributed by atoms with Crippen LogP contribution in [0.4, 0.5) is 13.2 Å². The summed E-state index contributed by atoms with van der Waals surface area (Å²) in [5, 5.41) is 0. The fourth-order valence-corrected chi connectivity index (χ4v) is 8.82. The average molecular weight is 780 g/mol. The molecule has 0 saturated heterocycles. The summed E-state index contributed by atoms with van der Waals surface area (Å²) >= 11 is 6.32. The van der Waals surface area contributed by atoms with E-state index in [4.69, 9.17) is 4.74 Å². The van der Waals surface area contributed by atoms with Crippen molar-refractivity contribution in [2.45, 2.75) is 55.2 Å². The van der Waals surface area contributed by atoms with Gasteiger partial charge in [0.2, 0.25) is 0 Å². The Labute approximate surface area is 213 Å². The lowest BCUT2D eigenvalue weighted by Crippen LogP contribution is -2.60. The fourth-order valence-electron chi connectivity index (χ4n) is 5.62. The molecule has 4 bridgehead atoms. The first-order chi connectivity index (χ1) is 13.7. The molecule has 166 valence electrons. The highest BCUT2D eigenvalue weighted by atomic mass is 127. The maximum absolute atomic E-state index is 13.0. The van der Waals surface area contributed by atoms with E-state index in [0.717, 1.165) is 17.1 Å². The molecule has 2 atom stereocenters. The summed E-state index contributed by atoms with van der Waals surface area (Å²) in [4.78, 5) is 13.0. The zero-order valence-electron chi connectivity index (χ0n) is 15.3. The molecule has 4 saturated carbocycles. The molecular weight excluding hydrogens is 764 g/mol. The number of halogens is 6. The Bertz CT molecular complexity index is 1000. The van der Waals surface area contributed by atoms with Gasteiger partial charge in [0.25, 0.3) is 0 Å². The van der Waals surface area contributed by atoms with E-state index >= 15 is 0 Å². The first-order valence-electron chi connectivity index (χ1n) is 9.17. The molecule has 0 N–H and O–H groups in total. The van der Waals surface area contributed by atoms with Crippen LogP contribution in [-0.4, -0.2) is 31.0 Å². The first-order valence-corrected chi connectivity index (χ1v) is 13.8. The van der Waals surface area contributed by atoms with Crippen LogP contribution in [0.15, 0.2) is 12.1 Å². The lowest BCUT2D eigenvalue weighted by atomic mass is 9.51. The number of esters is 1. The predicted octanol–water partition coefficient (Wildman–Crippen LogP) is 5.97. The molecular formula is C18H16F3I3NO4S-. The van der Waals surface area contributed by atoms with Crippen LogP contribution in [0.3, 0.4) is 0 Å². The highest BCUT2D eigenvalue weighted by Crippen LogP contribution is 2.62. The van der Waals surface area contributed by atoms with Crippen molar-refractivity contribution in [1.82, 2.24) is 0 Å². The van der Waals surface area contributed by atoms with Crippen LogP contribution in [0, 0.1) is 22.5 Å². The van der Waals surface area contributed by atoms with E-state index < -0.39 is 32.6 Å². The number of benzene rings is 1. The van der Waals surface area contributed by atoms with Gasteiger partial charge in [0.05, 0.1) is 5.56 Å². The van der Waals surface area contributed by atoms with Crippen LogP contribution in [0.25, 0.3) is 4.72 Å². The van der Waals surface area contributed by atoms with Crippen LogP contribution in [0.2, 0.25) is 0 Å². The zero-order chi connectivity index (χ0) is 22.1. The number of carbonyl (C=O) groups excluding carboxylic acids is 1. The second-order valence-corrected chi connectivity index (χ2v) is 13.6. The molecule has 0 amide bonds. The number of ether oxygens (including phenoxy) is 1. The van der Waals surface area contributed by atoms with Crippen molar-refractivity contribution in [2.24, 2.45) is 11.8 Å². The predicted molar refractivity (Wildman–Crippen MR) is 128 cm³/mol. The van der Waals surface area contributed by atoms with Gasteiger partial charge in [-0.1, -0.05) is 12.8 Å². The largest absolute Gasteiger partial charge is 0.536 e. The van der Waals surface area contributed by atoms with Gasteiger partial charge < -0.3 is 9.46 Å². The highest BCUT2D eigenvalue weighted by Gasteiger charge is 2.57. The number of rotatable bonds is 4. The van der Waals surface area contributed by atoms with Crippen molar-refractivity contribution in [3.63, 3.8) is 0 Å². The molecule has 12 heteroatoms. The van der Waals surface area contributed by atoms with Gasteiger partial charge in [0.15, 0.2) is 10.0 Å². The van der Waals surface area contributed by atoms with E-state index in [9.17, 15) is 26.4 Å².